The van der Waals surface area contributed by atoms with Crippen molar-refractivity contribution < 1.29 is 9.53 Å². The summed E-state index contributed by atoms with van der Waals surface area (Å²) in [5, 5.41) is 3.47. The van der Waals surface area contributed by atoms with Gasteiger partial charge < -0.3 is 19.9 Å². The molecule has 1 heterocycles. The number of carbonyl (C=O) groups is 1. The van der Waals surface area contributed by atoms with E-state index in [2.05, 4.69) is 55.3 Å². The second-order valence-electron chi connectivity index (χ2n) is 8.51. The van der Waals surface area contributed by atoms with Gasteiger partial charge in [-0.1, -0.05) is 51.1 Å². The third-order valence-corrected chi connectivity index (χ3v) is 5.45. The molecule has 0 radical (unpaired) electrons. The zero-order valence-electron chi connectivity index (χ0n) is 18.1. The summed E-state index contributed by atoms with van der Waals surface area (Å²) in [6.45, 7) is 10.4. The van der Waals surface area contributed by atoms with E-state index in [1.54, 1.807) is 7.11 Å². The number of amides is 1. The van der Waals surface area contributed by atoms with Gasteiger partial charge in [0.2, 0.25) is 5.91 Å². The molecule has 0 unspecified atom stereocenters. The fraction of sp³-hybridized carbons (Fsp3) is 0.458. The molecule has 0 atom stereocenters. The van der Waals surface area contributed by atoms with Crippen LogP contribution in [0.2, 0.25) is 0 Å². The second-order valence-corrected chi connectivity index (χ2v) is 8.51. The third kappa shape index (κ3) is 5.22. The highest BCUT2D eigenvalue weighted by Gasteiger charge is 2.23. The Labute approximate surface area is 174 Å². The van der Waals surface area contributed by atoms with Crippen molar-refractivity contribution in [3.63, 3.8) is 0 Å². The highest BCUT2D eigenvalue weighted by atomic mass is 16.5. The molecule has 5 nitrogen and oxygen atoms in total. The minimum atomic E-state index is 0.0719. The number of nitrogens with one attached hydrogen (secondary N) is 1. The van der Waals surface area contributed by atoms with Crippen molar-refractivity contribution in [1.29, 1.82) is 0 Å². The van der Waals surface area contributed by atoms with Crippen molar-refractivity contribution in [3.8, 4) is 5.75 Å². The summed E-state index contributed by atoms with van der Waals surface area (Å²) in [6, 6.07) is 16.4. The number of anilines is 2. The lowest BCUT2D eigenvalue weighted by Crippen LogP contribution is -2.49. The molecule has 1 N–H and O–H groups in total. The van der Waals surface area contributed by atoms with Crippen LogP contribution < -0.4 is 15.0 Å². The molecule has 1 amide bonds. The molecule has 0 spiro atoms. The first kappa shape index (κ1) is 21.0. The van der Waals surface area contributed by atoms with Crippen LogP contribution in [0.25, 0.3) is 0 Å². The summed E-state index contributed by atoms with van der Waals surface area (Å²) in [6.07, 6.45) is 0.507. The average Bonchev–Trinajstić information content (AvgIpc) is 2.73. The van der Waals surface area contributed by atoms with E-state index in [1.807, 2.05) is 29.2 Å². The van der Waals surface area contributed by atoms with Gasteiger partial charge in [0.15, 0.2) is 0 Å². The number of methoxy groups -OCH3 is 1. The number of nitrogens with zero attached hydrogens (tertiary/aromatic N) is 2. The number of para-hydroxylation sites is 3. The van der Waals surface area contributed by atoms with Crippen molar-refractivity contribution in [3.05, 3.63) is 54.1 Å². The van der Waals surface area contributed by atoms with Crippen LogP contribution in [0.3, 0.4) is 0 Å². The maximum Gasteiger partial charge on any atom is 0.224 e. The van der Waals surface area contributed by atoms with E-state index in [1.165, 1.54) is 5.56 Å². The molecule has 5 heteroatoms. The quantitative estimate of drug-likeness (QED) is 0.798. The Bertz CT molecular complexity index is 821. The van der Waals surface area contributed by atoms with E-state index in [0.717, 1.165) is 43.3 Å². The minimum Gasteiger partial charge on any atom is -0.495 e. The molecule has 0 saturated carbocycles. The van der Waals surface area contributed by atoms with Gasteiger partial charge in [-0.3, -0.25) is 4.79 Å². The Morgan fingerprint density at radius 2 is 1.66 bits per heavy atom. The summed E-state index contributed by atoms with van der Waals surface area (Å²) < 4.78 is 5.47. The van der Waals surface area contributed by atoms with Gasteiger partial charge in [-0.25, -0.2) is 0 Å². The molecule has 2 aromatic rings. The predicted molar refractivity (Wildman–Crippen MR) is 120 cm³/mol. The minimum absolute atomic E-state index is 0.0719. The fourth-order valence-electron chi connectivity index (χ4n) is 3.84. The van der Waals surface area contributed by atoms with Gasteiger partial charge in [0.25, 0.3) is 0 Å². The van der Waals surface area contributed by atoms with Crippen LogP contribution in [0.1, 0.15) is 32.8 Å². The molecular formula is C24H33N3O2. The Kier molecular flexibility index (Phi) is 6.68. The second kappa shape index (κ2) is 9.21. The summed E-state index contributed by atoms with van der Waals surface area (Å²) in [5.41, 5.74) is 3.57. The lowest BCUT2D eigenvalue weighted by Gasteiger charge is -2.36. The molecule has 3 rings (SSSR count). The van der Waals surface area contributed by atoms with Crippen molar-refractivity contribution >= 4 is 17.3 Å². The molecule has 29 heavy (non-hydrogen) atoms. The van der Waals surface area contributed by atoms with E-state index >= 15 is 0 Å². The first-order valence-corrected chi connectivity index (χ1v) is 10.4. The Morgan fingerprint density at radius 3 is 2.34 bits per heavy atom. The number of ether oxygens (including phenoxy) is 1. The zero-order valence-corrected chi connectivity index (χ0v) is 18.1. The standard InChI is InChI=1S/C24H33N3O2/c1-24(2,3)19-9-5-6-10-20(19)25-14-13-23(28)27-17-15-26(16-18-27)21-11-7-8-12-22(21)29-4/h5-12,25H,13-18H2,1-4H3. The molecule has 0 aromatic heterocycles. The number of piperazine rings is 1. The Hall–Kier alpha value is -2.69. The monoisotopic (exact) mass is 395 g/mol. The fourth-order valence-corrected chi connectivity index (χ4v) is 3.84. The largest absolute Gasteiger partial charge is 0.495 e. The van der Waals surface area contributed by atoms with Crippen molar-refractivity contribution in [2.45, 2.75) is 32.6 Å². The number of hydrogen-bond donors (Lipinski definition) is 1. The van der Waals surface area contributed by atoms with E-state index in [0.29, 0.717) is 13.0 Å². The normalized spacial score (nSPS) is 14.6. The third-order valence-electron chi connectivity index (χ3n) is 5.45. The van der Waals surface area contributed by atoms with Crippen LogP contribution in [0.15, 0.2) is 48.5 Å². The van der Waals surface area contributed by atoms with Crippen LogP contribution in [0.5, 0.6) is 5.75 Å². The Balaban J connectivity index is 1.50. The number of hydrogen-bond acceptors (Lipinski definition) is 4. The lowest BCUT2D eigenvalue weighted by molar-refractivity contribution is -0.131. The molecule has 1 saturated heterocycles. The van der Waals surface area contributed by atoms with Gasteiger partial charge in [-0.2, -0.15) is 0 Å². The first-order valence-electron chi connectivity index (χ1n) is 10.4. The van der Waals surface area contributed by atoms with Gasteiger partial charge >= 0.3 is 0 Å². The number of benzene rings is 2. The van der Waals surface area contributed by atoms with E-state index in [9.17, 15) is 4.79 Å². The topological polar surface area (TPSA) is 44.8 Å². The van der Waals surface area contributed by atoms with Gasteiger partial charge in [0, 0.05) is 44.8 Å². The molecule has 2 aromatic carbocycles. The summed E-state index contributed by atoms with van der Waals surface area (Å²) in [7, 11) is 1.70. The molecule has 0 bridgehead atoms. The lowest BCUT2D eigenvalue weighted by atomic mass is 9.86. The molecule has 0 aliphatic carbocycles. The number of rotatable bonds is 6. The molecule has 1 aliphatic rings. The molecular weight excluding hydrogens is 362 g/mol. The van der Waals surface area contributed by atoms with Crippen LogP contribution >= 0.6 is 0 Å². The molecule has 1 fully saturated rings. The van der Waals surface area contributed by atoms with Gasteiger partial charge in [0.05, 0.1) is 12.8 Å². The summed E-state index contributed by atoms with van der Waals surface area (Å²) >= 11 is 0. The summed E-state index contributed by atoms with van der Waals surface area (Å²) in [4.78, 5) is 16.9. The van der Waals surface area contributed by atoms with Crippen molar-refractivity contribution in [1.82, 2.24) is 4.90 Å². The van der Waals surface area contributed by atoms with E-state index in [-0.39, 0.29) is 11.3 Å². The average molecular weight is 396 g/mol. The predicted octanol–water partition coefficient (Wildman–Crippen LogP) is 4.14. The van der Waals surface area contributed by atoms with Crippen LogP contribution in [0.4, 0.5) is 11.4 Å². The highest BCUT2D eigenvalue weighted by molar-refractivity contribution is 5.77. The van der Waals surface area contributed by atoms with E-state index < -0.39 is 0 Å². The van der Waals surface area contributed by atoms with Gasteiger partial charge in [0.1, 0.15) is 5.75 Å². The van der Waals surface area contributed by atoms with Crippen molar-refractivity contribution in [2.24, 2.45) is 0 Å². The highest BCUT2D eigenvalue weighted by Crippen LogP contribution is 2.30. The maximum atomic E-state index is 12.7. The van der Waals surface area contributed by atoms with E-state index in [4.69, 9.17) is 4.74 Å². The first-order chi connectivity index (χ1) is 13.9. The van der Waals surface area contributed by atoms with Gasteiger partial charge in [-0.05, 0) is 29.2 Å². The van der Waals surface area contributed by atoms with Gasteiger partial charge in [-0.15, -0.1) is 0 Å². The SMILES string of the molecule is COc1ccccc1N1CCN(C(=O)CCNc2ccccc2C(C)(C)C)CC1. The maximum absolute atomic E-state index is 12.7. The smallest absolute Gasteiger partial charge is 0.224 e. The summed E-state index contributed by atoms with van der Waals surface area (Å²) in [5.74, 6) is 1.10. The van der Waals surface area contributed by atoms with Crippen LogP contribution in [-0.2, 0) is 10.2 Å². The zero-order chi connectivity index (χ0) is 20.9. The Morgan fingerprint density at radius 1 is 1.00 bits per heavy atom. The van der Waals surface area contributed by atoms with Crippen LogP contribution in [-0.4, -0.2) is 50.6 Å². The van der Waals surface area contributed by atoms with Crippen molar-refractivity contribution in [2.75, 3.05) is 50.1 Å². The molecule has 1 aliphatic heterocycles. The number of carbonyl (C=O) groups excluding carboxylic acids is 1. The van der Waals surface area contributed by atoms with Crippen LogP contribution in [0, 0.1) is 0 Å². The molecule has 156 valence electrons.